The fourth-order valence-corrected chi connectivity index (χ4v) is 1.48. The minimum absolute atomic E-state index is 0.00307. The number of hydrogen-bond acceptors (Lipinski definition) is 3. The van der Waals surface area contributed by atoms with Crippen LogP contribution in [0, 0.1) is 0 Å². The van der Waals surface area contributed by atoms with Crippen molar-refractivity contribution in [2.45, 2.75) is 25.9 Å². The molecule has 0 aromatic heterocycles. The molecule has 0 heterocycles. The Morgan fingerprint density at radius 1 is 1.35 bits per heavy atom. The molecule has 94 valence electrons. The highest BCUT2D eigenvalue weighted by Gasteiger charge is 2.04. The molecule has 0 aliphatic carbocycles. The molecular weight excluding hydrogens is 214 g/mol. The molecule has 4 nitrogen and oxygen atoms in total. The van der Waals surface area contributed by atoms with Gasteiger partial charge in [-0.2, -0.15) is 0 Å². The zero-order chi connectivity index (χ0) is 12.8. The molecular formula is C13H21N3O. The van der Waals surface area contributed by atoms with E-state index in [0.717, 1.165) is 11.3 Å². The summed E-state index contributed by atoms with van der Waals surface area (Å²) in [6.07, 6.45) is 0.371. The highest BCUT2D eigenvalue weighted by Crippen LogP contribution is 2.11. The van der Waals surface area contributed by atoms with Gasteiger partial charge in [0, 0.05) is 38.8 Å². The third kappa shape index (κ3) is 4.87. The van der Waals surface area contributed by atoms with Crippen LogP contribution in [0.3, 0.4) is 0 Å². The van der Waals surface area contributed by atoms with Crippen molar-refractivity contribution in [1.82, 2.24) is 5.32 Å². The van der Waals surface area contributed by atoms with Crippen LogP contribution in [0.1, 0.15) is 18.9 Å². The quantitative estimate of drug-likeness (QED) is 0.803. The van der Waals surface area contributed by atoms with E-state index in [-0.39, 0.29) is 11.9 Å². The second-order valence-electron chi connectivity index (χ2n) is 4.52. The lowest BCUT2D eigenvalue weighted by Gasteiger charge is -2.13. The highest BCUT2D eigenvalue weighted by molar-refractivity contribution is 5.76. The van der Waals surface area contributed by atoms with E-state index in [1.165, 1.54) is 0 Å². The van der Waals surface area contributed by atoms with Crippen molar-refractivity contribution in [3.05, 3.63) is 29.8 Å². The van der Waals surface area contributed by atoms with Crippen molar-refractivity contribution in [3.63, 3.8) is 0 Å². The molecule has 1 aromatic carbocycles. The van der Waals surface area contributed by atoms with Gasteiger partial charge in [-0.15, -0.1) is 0 Å². The van der Waals surface area contributed by atoms with E-state index >= 15 is 0 Å². The SMILES string of the molecule is CC(N)CC(=O)NCc1ccc(N(C)C)cc1. The van der Waals surface area contributed by atoms with Gasteiger partial charge in [0.15, 0.2) is 0 Å². The fraction of sp³-hybridized carbons (Fsp3) is 0.462. The van der Waals surface area contributed by atoms with Crippen LogP contribution in [-0.4, -0.2) is 26.0 Å². The Labute approximate surface area is 103 Å². The van der Waals surface area contributed by atoms with Gasteiger partial charge in [-0.05, 0) is 24.6 Å². The Morgan fingerprint density at radius 3 is 2.41 bits per heavy atom. The molecule has 0 aliphatic rings. The van der Waals surface area contributed by atoms with Crippen molar-refractivity contribution in [2.24, 2.45) is 5.73 Å². The molecule has 0 spiro atoms. The molecule has 0 saturated heterocycles. The Kier molecular flexibility index (Phi) is 4.97. The number of anilines is 1. The van der Waals surface area contributed by atoms with E-state index in [0.29, 0.717) is 13.0 Å². The van der Waals surface area contributed by atoms with Crippen LogP contribution in [-0.2, 0) is 11.3 Å². The lowest BCUT2D eigenvalue weighted by Crippen LogP contribution is -2.29. The summed E-state index contributed by atoms with van der Waals surface area (Å²) in [5.41, 5.74) is 7.79. The van der Waals surface area contributed by atoms with E-state index in [9.17, 15) is 4.79 Å². The second kappa shape index (κ2) is 6.25. The summed E-state index contributed by atoms with van der Waals surface area (Å²) in [6.45, 7) is 2.38. The van der Waals surface area contributed by atoms with Crippen molar-refractivity contribution in [1.29, 1.82) is 0 Å². The molecule has 0 radical (unpaired) electrons. The van der Waals surface area contributed by atoms with Crippen molar-refractivity contribution in [3.8, 4) is 0 Å². The van der Waals surface area contributed by atoms with E-state index < -0.39 is 0 Å². The van der Waals surface area contributed by atoms with E-state index in [4.69, 9.17) is 5.73 Å². The number of nitrogens with zero attached hydrogens (tertiary/aromatic N) is 1. The maximum absolute atomic E-state index is 11.4. The second-order valence-corrected chi connectivity index (χ2v) is 4.52. The van der Waals surface area contributed by atoms with Crippen LogP contribution in [0.5, 0.6) is 0 Å². The first-order chi connectivity index (χ1) is 7.99. The standard InChI is InChI=1S/C13H21N3O/c1-10(14)8-13(17)15-9-11-4-6-12(7-5-11)16(2)3/h4-7,10H,8-9,14H2,1-3H3,(H,15,17). The number of nitrogens with two attached hydrogens (primary N) is 1. The minimum atomic E-state index is -0.0916. The van der Waals surface area contributed by atoms with Crippen molar-refractivity contribution >= 4 is 11.6 Å². The first-order valence-electron chi connectivity index (χ1n) is 5.77. The summed E-state index contributed by atoms with van der Waals surface area (Å²) in [7, 11) is 4.00. The van der Waals surface area contributed by atoms with Gasteiger partial charge in [0.05, 0.1) is 0 Å². The average Bonchev–Trinajstić information content (AvgIpc) is 2.26. The van der Waals surface area contributed by atoms with Crippen LogP contribution in [0.2, 0.25) is 0 Å². The molecule has 0 aliphatic heterocycles. The van der Waals surface area contributed by atoms with E-state index in [2.05, 4.69) is 5.32 Å². The van der Waals surface area contributed by atoms with E-state index in [1.54, 1.807) is 0 Å². The number of carbonyl (C=O) groups is 1. The Bertz CT molecular complexity index is 357. The van der Waals surface area contributed by atoms with Gasteiger partial charge < -0.3 is 16.0 Å². The maximum atomic E-state index is 11.4. The predicted octanol–water partition coefficient (Wildman–Crippen LogP) is 1.11. The number of nitrogens with one attached hydrogen (secondary N) is 1. The van der Waals surface area contributed by atoms with Gasteiger partial charge in [-0.1, -0.05) is 12.1 Å². The molecule has 1 amide bonds. The molecule has 1 atom stereocenters. The third-order valence-electron chi connectivity index (χ3n) is 2.45. The first-order valence-corrected chi connectivity index (χ1v) is 5.77. The average molecular weight is 235 g/mol. The summed E-state index contributed by atoms with van der Waals surface area (Å²) in [5, 5.41) is 2.85. The first kappa shape index (κ1) is 13.5. The van der Waals surface area contributed by atoms with Crippen molar-refractivity contribution in [2.75, 3.05) is 19.0 Å². The molecule has 17 heavy (non-hydrogen) atoms. The lowest BCUT2D eigenvalue weighted by atomic mass is 10.2. The van der Waals surface area contributed by atoms with Crippen LogP contribution >= 0.6 is 0 Å². The molecule has 1 unspecified atom stereocenters. The topological polar surface area (TPSA) is 58.4 Å². The Morgan fingerprint density at radius 2 is 1.94 bits per heavy atom. The highest BCUT2D eigenvalue weighted by atomic mass is 16.1. The summed E-state index contributed by atoms with van der Waals surface area (Å²) in [5.74, 6) is -0.00307. The summed E-state index contributed by atoms with van der Waals surface area (Å²) in [6, 6.07) is 8.01. The zero-order valence-electron chi connectivity index (χ0n) is 10.7. The maximum Gasteiger partial charge on any atom is 0.221 e. The molecule has 0 saturated carbocycles. The number of benzene rings is 1. The largest absolute Gasteiger partial charge is 0.378 e. The van der Waals surface area contributed by atoms with Gasteiger partial charge in [-0.25, -0.2) is 0 Å². The third-order valence-corrected chi connectivity index (χ3v) is 2.45. The summed E-state index contributed by atoms with van der Waals surface area (Å²) >= 11 is 0. The Hall–Kier alpha value is -1.55. The van der Waals surface area contributed by atoms with Gasteiger partial charge in [0.1, 0.15) is 0 Å². The molecule has 1 aromatic rings. The zero-order valence-corrected chi connectivity index (χ0v) is 10.7. The summed E-state index contributed by atoms with van der Waals surface area (Å²) < 4.78 is 0. The lowest BCUT2D eigenvalue weighted by molar-refractivity contribution is -0.121. The van der Waals surface area contributed by atoms with E-state index in [1.807, 2.05) is 50.2 Å². The normalized spacial score (nSPS) is 12.0. The van der Waals surface area contributed by atoms with Crippen molar-refractivity contribution < 1.29 is 4.79 Å². The van der Waals surface area contributed by atoms with Gasteiger partial charge in [0.2, 0.25) is 5.91 Å². The van der Waals surface area contributed by atoms with Gasteiger partial charge in [0.25, 0.3) is 0 Å². The Balaban J connectivity index is 2.44. The molecule has 3 N–H and O–H groups in total. The molecule has 4 heteroatoms. The predicted molar refractivity (Wildman–Crippen MR) is 70.9 cm³/mol. The monoisotopic (exact) mass is 235 g/mol. The molecule has 1 rings (SSSR count). The van der Waals surface area contributed by atoms with Gasteiger partial charge >= 0.3 is 0 Å². The van der Waals surface area contributed by atoms with Crippen LogP contribution < -0.4 is 16.0 Å². The molecule has 0 fully saturated rings. The number of amides is 1. The minimum Gasteiger partial charge on any atom is -0.378 e. The number of hydrogen-bond donors (Lipinski definition) is 2. The smallest absolute Gasteiger partial charge is 0.221 e. The number of rotatable bonds is 5. The molecule has 0 bridgehead atoms. The van der Waals surface area contributed by atoms with Crippen LogP contribution in [0.4, 0.5) is 5.69 Å². The fourth-order valence-electron chi connectivity index (χ4n) is 1.48. The summed E-state index contributed by atoms with van der Waals surface area (Å²) in [4.78, 5) is 13.4. The van der Waals surface area contributed by atoms with Crippen LogP contribution in [0.25, 0.3) is 0 Å². The van der Waals surface area contributed by atoms with Crippen LogP contribution in [0.15, 0.2) is 24.3 Å². The number of carbonyl (C=O) groups excluding carboxylic acids is 1. The van der Waals surface area contributed by atoms with Gasteiger partial charge in [-0.3, -0.25) is 4.79 Å².